The molecule has 1 unspecified atom stereocenters. The quantitative estimate of drug-likeness (QED) is 0.891. The molecule has 1 fully saturated rings. The number of halogens is 1. The van der Waals surface area contributed by atoms with E-state index >= 15 is 0 Å². The van der Waals surface area contributed by atoms with Gasteiger partial charge in [-0.15, -0.1) is 12.4 Å². The van der Waals surface area contributed by atoms with Gasteiger partial charge < -0.3 is 9.84 Å². The number of nitrogens with zero attached hydrogens (tertiary/aromatic N) is 2. The first-order valence-electron chi connectivity index (χ1n) is 5.56. The van der Waals surface area contributed by atoms with Crippen LogP contribution < -0.4 is 5.32 Å². The molecular formula is C12H14ClN3O. The Kier molecular flexibility index (Phi) is 3.76. The Morgan fingerprint density at radius 3 is 2.76 bits per heavy atom. The van der Waals surface area contributed by atoms with Crippen molar-refractivity contribution in [1.29, 1.82) is 0 Å². The normalized spacial score (nSPS) is 18.9. The van der Waals surface area contributed by atoms with Crippen molar-refractivity contribution in [2.45, 2.75) is 18.9 Å². The fourth-order valence-electron chi connectivity index (χ4n) is 1.98. The molecule has 1 aliphatic heterocycles. The van der Waals surface area contributed by atoms with Crippen molar-refractivity contribution in [3.05, 3.63) is 36.2 Å². The highest BCUT2D eigenvalue weighted by atomic mass is 35.5. The van der Waals surface area contributed by atoms with E-state index in [2.05, 4.69) is 15.5 Å². The van der Waals surface area contributed by atoms with Gasteiger partial charge in [0.05, 0.1) is 6.04 Å². The molecule has 1 aromatic carbocycles. The Balaban J connectivity index is 0.00000108. The Labute approximate surface area is 106 Å². The first-order chi connectivity index (χ1) is 7.93. The Hall–Kier alpha value is -1.39. The summed E-state index contributed by atoms with van der Waals surface area (Å²) in [7, 11) is 0. The second kappa shape index (κ2) is 5.29. The van der Waals surface area contributed by atoms with Crippen LogP contribution in [0.2, 0.25) is 0 Å². The fraction of sp³-hybridized carbons (Fsp3) is 0.333. The molecule has 1 aromatic heterocycles. The zero-order chi connectivity index (χ0) is 10.8. The maximum absolute atomic E-state index is 5.28. The topological polar surface area (TPSA) is 51.0 Å². The summed E-state index contributed by atoms with van der Waals surface area (Å²) >= 11 is 0. The van der Waals surface area contributed by atoms with E-state index in [9.17, 15) is 0 Å². The summed E-state index contributed by atoms with van der Waals surface area (Å²) in [4.78, 5) is 4.42. The molecule has 0 saturated carbocycles. The van der Waals surface area contributed by atoms with Crippen molar-refractivity contribution >= 4 is 12.4 Å². The second-order valence-electron chi connectivity index (χ2n) is 3.97. The van der Waals surface area contributed by atoms with Gasteiger partial charge in [-0.2, -0.15) is 4.98 Å². The van der Waals surface area contributed by atoms with E-state index in [0.29, 0.717) is 11.7 Å². The third-order valence-corrected chi connectivity index (χ3v) is 2.83. The van der Waals surface area contributed by atoms with Crippen LogP contribution in [-0.2, 0) is 0 Å². The number of benzene rings is 1. The van der Waals surface area contributed by atoms with E-state index in [1.165, 1.54) is 6.42 Å². The second-order valence-corrected chi connectivity index (χ2v) is 3.97. The molecule has 1 aliphatic rings. The predicted octanol–water partition coefficient (Wildman–Crippen LogP) is 2.58. The highest BCUT2D eigenvalue weighted by Crippen LogP contribution is 2.23. The minimum absolute atomic E-state index is 0. The molecule has 17 heavy (non-hydrogen) atoms. The molecule has 4 nitrogen and oxygen atoms in total. The lowest BCUT2D eigenvalue weighted by Gasteiger charge is -2.01. The number of hydrogen-bond acceptors (Lipinski definition) is 4. The van der Waals surface area contributed by atoms with Crippen molar-refractivity contribution in [3.8, 4) is 11.4 Å². The lowest BCUT2D eigenvalue weighted by atomic mass is 10.2. The molecule has 2 aromatic rings. The van der Waals surface area contributed by atoms with Gasteiger partial charge in [-0.1, -0.05) is 35.5 Å². The van der Waals surface area contributed by atoms with Crippen molar-refractivity contribution in [2.75, 3.05) is 6.54 Å². The van der Waals surface area contributed by atoms with E-state index in [-0.39, 0.29) is 18.4 Å². The molecule has 0 bridgehead atoms. The van der Waals surface area contributed by atoms with Crippen LogP contribution in [0.3, 0.4) is 0 Å². The maximum atomic E-state index is 5.28. The van der Waals surface area contributed by atoms with Crippen LogP contribution in [0.4, 0.5) is 0 Å². The summed E-state index contributed by atoms with van der Waals surface area (Å²) in [5.41, 5.74) is 0.996. The Bertz CT molecular complexity index is 466. The molecule has 1 atom stereocenters. The molecule has 0 radical (unpaired) electrons. The molecular weight excluding hydrogens is 238 g/mol. The summed E-state index contributed by atoms with van der Waals surface area (Å²) in [6.07, 6.45) is 2.25. The lowest BCUT2D eigenvalue weighted by molar-refractivity contribution is 0.345. The maximum Gasteiger partial charge on any atom is 0.244 e. The molecule has 0 spiro atoms. The van der Waals surface area contributed by atoms with Gasteiger partial charge in [0.1, 0.15) is 0 Å². The number of rotatable bonds is 2. The zero-order valence-corrected chi connectivity index (χ0v) is 10.1. The number of aromatic nitrogens is 2. The van der Waals surface area contributed by atoms with Crippen molar-refractivity contribution < 1.29 is 4.52 Å². The summed E-state index contributed by atoms with van der Waals surface area (Å²) in [6.45, 7) is 1.04. The van der Waals surface area contributed by atoms with Gasteiger partial charge in [-0.05, 0) is 19.4 Å². The van der Waals surface area contributed by atoms with Crippen LogP contribution in [0.5, 0.6) is 0 Å². The van der Waals surface area contributed by atoms with Crippen molar-refractivity contribution in [2.24, 2.45) is 0 Å². The molecule has 0 aliphatic carbocycles. The van der Waals surface area contributed by atoms with Crippen LogP contribution in [0.1, 0.15) is 24.8 Å². The third kappa shape index (κ3) is 2.48. The van der Waals surface area contributed by atoms with Crippen molar-refractivity contribution in [1.82, 2.24) is 15.5 Å². The predicted molar refractivity (Wildman–Crippen MR) is 67.0 cm³/mol. The van der Waals surface area contributed by atoms with Gasteiger partial charge in [-0.3, -0.25) is 0 Å². The molecule has 90 valence electrons. The summed E-state index contributed by atoms with van der Waals surface area (Å²) in [6, 6.07) is 10.1. The van der Waals surface area contributed by atoms with Crippen molar-refractivity contribution in [3.63, 3.8) is 0 Å². The van der Waals surface area contributed by atoms with Gasteiger partial charge in [0.25, 0.3) is 0 Å². The lowest BCUT2D eigenvalue weighted by Crippen LogP contribution is -2.12. The highest BCUT2D eigenvalue weighted by molar-refractivity contribution is 5.85. The van der Waals surface area contributed by atoms with E-state index in [1.54, 1.807) is 0 Å². The first-order valence-corrected chi connectivity index (χ1v) is 5.56. The summed E-state index contributed by atoms with van der Waals surface area (Å²) in [5.74, 6) is 1.38. The van der Waals surface area contributed by atoms with Gasteiger partial charge in [-0.25, -0.2) is 0 Å². The SMILES string of the molecule is Cl.c1ccc(-c2noc(C3CCCN3)n2)cc1. The number of hydrogen-bond donors (Lipinski definition) is 1. The monoisotopic (exact) mass is 251 g/mol. The highest BCUT2D eigenvalue weighted by Gasteiger charge is 2.22. The van der Waals surface area contributed by atoms with E-state index in [0.717, 1.165) is 18.5 Å². The Morgan fingerprint density at radius 2 is 2.06 bits per heavy atom. The number of nitrogens with one attached hydrogen (secondary N) is 1. The van der Waals surface area contributed by atoms with Crippen LogP contribution >= 0.6 is 12.4 Å². The van der Waals surface area contributed by atoms with Crippen LogP contribution in [0, 0.1) is 0 Å². The molecule has 5 heteroatoms. The minimum Gasteiger partial charge on any atom is -0.337 e. The molecule has 1 N–H and O–H groups in total. The standard InChI is InChI=1S/C12H13N3O.ClH/c1-2-5-9(6-3-1)11-14-12(16-15-11)10-7-4-8-13-10;/h1-3,5-6,10,13H,4,7-8H2;1H. The fourth-order valence-corrected chi connectivity index (χ4v) is 1.98. The molecule has 1 saturated heterocycles. The Morgan fingerprint density at radius 1 is 1.24 bits per heavy atom. The smallest absolute Gasteiger partial charge is 0.244 e. The largest absolute Gasteiger partial charge is 0.337 e. The molecule has 0 amide bonds. The van der Waals surface area contributed by atoms with E-state index in [4.69, 9.17) is 4.52 Å². The zero-order valence-electron chi connectivity index (χ0n) is 9.30. The summed E-state index contributed by atoms with van der Waals surface area (Å²) < 4.78 is 5.28. The third-order valence-electron chi connectivity index (χ3n) is 2.83. The average molecular weight is 252 g/mol. The molecule has 2 heterocycles. The van der Waals surface area contributed by atoms with Crippen LogP contribution in [-0.4, -0.2) is 16.7 Å². The van der Waals surface area contributed by atoms with Gasteiger partial charge >= 0.3 is 0 Å². The van der Waals surface area contributed by atoms with Gasteiger partial charge in [0.15, 0.2) is 0 Å². The van der Waals surface area contributed by atoms with E-state index in [1.807, 2.05) is 30.3 Å². The van der Waals surface area contributed by atoms with E-state index < -0.39 is 0 Å². The van der Waals surface area contributed by atoms with Crippen LogP contribution in [0.25, 0.3) is 11.4 Å². The minimum atomic E-state index is 0. The summed E-state index contributed by atoms with van der Waals surface area (Å²) in [5, 5.41) is 7.35. The van der Waals surface area contributed by atoms with Crippen LogP contribution in [0.15, 0.2) is 34.9 Å². The molecule has 3 rings (SSSR count). The first kappa shape index (κ1) is 12.1. The van der Waals surface area contributed by atoms with Gasteiger partial charge in [0.2, 0.25) is 11.7 Å². The van der Waals surface area contributed by atoms with Gasteiger partial charge in [0, 0.05) is 5.56 Å². The average Bonchev–Trinajstić information content (AvgIpc) is 3.01.